The van der Waals surface area contributed by atoms with Gasteiger partial charge in [0, 0.05) is 0 Å². The zero-order chi connectivity index (χ0) is 12.0. The molecule has 1 heterocycles. The van der Waals surface area contributed by atoms with Crippen molar-refractivity contribution in [2.45, 2.75) is 49.9 Å². The Labute approximate surface area is 116 Å². The second-order valence-corrected chi connectivity index (χ2v) is 9.60. The van der Waals surface area contributed by atoms with Gasteiger partial charge >= 0.3 is 0 Å². The highest BCUT2D eigenvalue weighted by molar-refractivity contribution is 8.17. The van der Waals surface area contributed by atoms with Crippen molar-refractivity contribution in [2.75, 3.05) is 11.5 Å². The standard InChI is InChI=1S/C14H23BS2/c1-14(2)9-6-11(14)10(12(15)7-9)8-13-16-4-3-5-17-13/h9-13H,3-8H2,1-2H3/t9-,10+,11+,12+/m0/s1. The molecule has 4 atom stereocenters. The molecule has 3 saturated carbocycles. The first-order valence-corrected chi connectivity index (χ1v) is 9.17. The predicted molar refractivity (Wildman–Crippen MR) is 80.9 cm³/mol. The molecule has 4 fully saturated rings. The molecule has 1 saturated heterocycles. The number of hydrogen-bond acceptors (Lipinski definition) is 2. The maximum atomic E-state index is 6.42. The van der Waals surface area contributed by atoms with E-state index < -0.39 is 0 Å². The fourth-order valence-electron chi connectivity index (χ4n) is 4.22. The first kappa shape index (κ1) is 12.8. The Morgan fingerprint density at radius 1 is 1.18 bits per heavy atom. The Hall–Kier alpha value is 0.765. The minimum atomic E-state index is 0.495. The topological polar surface area (TPSA) is 0 Å². The van der Waals surface area contributed by atoms with E-state index in [-0.39, 0.29) is 0 Å². The van der Waals surface area contributed by atoms with Crippen LogP contribution in [-0.2, 0) is 0 Å². The lowest BCUT2D eigenvalue weighted by Crippen LogP contribution is -2.54. The monoisotopic (exact) mass is 266 g/mol. The van der Waals surface area contributed by atoms with Crippen LogP contribution < -0.4 is 0 Å². The van der Waals surface area contributed by atoms with Crippen LogP contribution in [0.4, 0.5) is 0 Å². The smallest absolute Gasteiger partial charge is 0.0703 e. The van der Waals surface area contributed by atoms with Crippen LogP contribution in [0.15, 0.2) is 0 Å². The van der Waals surface area contributed by atoms with E-state index in [2.05, 4.69) is 37.4 Å². The SMILES string of the molecule is [B][C@@H]1C[C@@H]2C[C@H]([C@H]1CC1SCCCS1)C2(C)C. The number of hydrogen-bond donors (Lipinski definition) is 0. The summed E-state index contributed by atoms with van der Waals surface area (Å²) in [5.74, 6) is 5.88. The van der Waals surface area contributed by atoms with E-state index in [1.165, 1.54) is 37.2 Å². The third-order valence-electron chi connectivity index (χ3n) is 5.53. The third kappa shape index (κ3) is 2.20. The van der Waals surface area contributed by atoms with Gasteiger partial charge in [-0.3, -0.25) is 0 Å². The summed E-state index contributed by atoms with van der Waals surface area (Å²) in [5, 5.41) is 0. The van der Waals surface area contributed by atoms with E-state index in [9.17, 15) is 0 Å². The lowest BCUT2D eigenvalue weighted by Gasteiger charge is -2.63. The molecule has 0 unspecified atom stereocenters. The van der Waals surface area contributed by atoms with Crippen LogP contribution in [0.3, 0.4) is 0 Å². The second kappa shape index (κ2) is 4.70. The minimum absolute atomic E-state index is 0.495. The molecule has 0 spiro atoms. The third-order valence-corrected chi connectivity index (χ3v) is 8.52. The van der Waals surface area contributed by atoms with Crippen molar-refractivity contribution in [3.05, 3.63) is 0 Å². The molecule has 17 heavy (non-hydrogen) atoms. The quantitative estimate of drug-likeness (QED) is 0.687. The van der Waals surface area contributed by atoms with Crippen molar-refractivity contribution in [1.29, 1.82) is 0 Å². The average molecular weight is 266 g/mol. The molecular formula is C14H23BS2. The highest BCUT2D eigenvalue weighted by Crippen LogP contribution is 2.65. The van der Waals surface area contributed by atoms with Gasteiger partial charge in [-0.15, -0.1) is 23.5 Å². The summed E-state index contributed by atoms with van der Waals surface area (Å²) in [4.78, 5) is 0. The van der Waals surface area contributed by atoms with E-state index in [0.717, 1.165) is 22.3 Å². The van der Waals surface area contributed by atoms with Gasteiger partial charge in [0.05, 0.1) is 12.4 Å². The molecule has 3 heteroatoms. The van der Waals surface area contributed by atoms with Gasteiger partial charge in [0.1, 0.15) is 0 Å². The average Bonchev–Trinajstić information content (AvgIpc) is 2.32. The van der Waals surface area contributed by atoms with Crippen molar-refractivity contribution < 1.29 is 0 Å². The second-order valence-electron chi connectivity index (χ2n) is 6.68. The van der Waals surface area contributed by atoms with Crippen LogP contribution in [0.1, 0.15) is 39.5 Å². The lowest BCUT2D eigenvalue weighted by molar-refractivity contribution is -0.104. The maximum absolute atomic E-state index is 6.42. The van der Waals surface area contributed by atoms with E-state index in [1.54, 1.807) is 0 Å². The molecule has 0 aromatic heterocycles. The molecule has 3 aliphatic carbocycles. The van der Waals surface area contributed by atoms with E-state index in [0.29, 0.717) is 11.2 Å². The molecule has 4 rings (SSSR count). The summed E-state index contributed by atoms with van der Waals surface area (Å²) in [6.45, 7) is 4.96. The molecule has 2 bridgehead atoms. The van der Waals surface area contributed by atoms with Crippen molar-refractivity contribution in [3.63, 3.8) is 0 Å². The van der Waals surface area contributed by atoms with Crippen molar-refractivity contribution in [2.24, 2.45) is 23.2 Å². The van der Waals surface area contributed by atoms with E-state index >= 15 is 0 Å². The summed E-state index contributed by atoms with van der Waals surface area (Å²) in [7, 11) is 6.42. The lowest BCUT2D eigenvalue weighted by atomic mass is 9.40. The summed E-state index contributed by atoms with van der Waals surface area (Å²) in [6, 6.07) is 0. The van der Waals surface area contributed by atoms with Crippen LogP contribution in [0.2, 0.25) is 5.82 Å². The summed E-state index contributed by atoms with van der Waals surface area (Å²) in [6.07, 6.45) is 5.53. The summed E-state index contributed by atoms with van der Waals surface area (Å²) >= 11 is 4.37. The molecule has 0 N–H and O–H groups in total. The maximum Gasteiger partial charge on any atom is 0.0703 e. The highest BCUT2D eigenvalue weighted by atomic mass is 32.2. The molecule has 0 nitrogen and oxygen atoms in total. The van der Waals surface area contributed by atoms with Gasteiger partial charge in [0.2, 0.25) is 0 Å². The molecule has 2 radical (unpaired) electrons. The van der Waals surface area contributed by atoms with Gasteiger partial charge in [0.25, 0.3) is 0 Å². The Kier molecular flexibility index (Phi) is 3.54. The molecule has 94 valence electrons. The molecule has 4 aliphatic rings. The van der Waals surface area contributed by atoms with Gasteiger partial charge < -0.3 is 0 Å². The molecule has 0 aromatic carbocycles. The van der Waals surface area contributed by atoms with Crippen LogP contribution >= 0.6 is 23.5 Å². The van der Waals surface area contributed by atoms with Crippen LogP contribution in [0.25, 0.3) is 0 Å². The summed E-state index contributed by atoms with van der Waals surface area (Å²) < 4.78 is 0.841. The first-order valence-electron chi connectivity index (χ1n) is 7.08. The van der Waals surface area contributed by atoms with Gasteiger partial charge in [-0.05, 0) is 53.9 Å². The van der Waals surface area contributed by atoms with Gasteiger partial charge in [-0.25, -0.2) is 0 Å². The fraction of sp³-hybridized carbons (Fsp3) is 1.00. The van der Waals surface area contributed by atoms with Gasteiger partial charge in [-0.2, -0.15) is 0 Å². The normalized spacial score (nSPS) is 45.3. The van der Waals surface area contributed by atoms with Gasteiger partial charge in [0.15, 0.2) is 0 Å². The van der Waals surface area contributed by atoms with E-state index in [4.69, 9.17) is 7.85 Å². The van der Waals surface area contributed by atoms with Crippen LogP contribution in [0.5, 0.6) is 0 Å². The zero-order valence-electron chi connectivity index (χ0n) is 11.0. The molecule has 1 aliphatic heterocycles. The summed E-state index contributed by atoms with van der Waals surface area (Å²) in [5.41, 5.74) is 0.588. The predicted octanol–water partition coefficient (Wildman–Crippen LogP) is 4.21. The molecule has 0 amide bonds. The largest absolute Gasteiger partial charge is 0.148 e. The zero-order valence-corrected chi connectivity index (χ0v) is 12.7. The Bertz CT molecular complexity index is 286. The first-order chi connectivity index (χ1) is 8.09. The molecular weight excluding hydrogens is 243 g/mol. The van der Waals surface area contributed by atoms with Gasteiger partial charge in [-0.1, -0.05) is 26.1 Å². The molecule has 0 aromatic rings. The Morgan fingerprint density at radius 2 is 1.88 bits per heavy atom. The Morgan fingerprint density at radius 3 is 2.53 bits per heavy atom. The van der Waals surface area contributed by atoms with Crippen LogP contribution in [-0.4, -0.2) is 23.9 Å². The number of thioether (sulfide) groups is 2. The van der Waals surface area contributed by atoms with E-state index in [1.807, 2.05) is 0 Å². The fourth-order valence-corrected chi connectivity index (χ4v) is 7.23. The minimum Gasteiger partial charge on any atom is -0.148 e. The van der Waals surface area contributed by atoms with Crippen molar-refractivity contribution >= 4 is 31.4 Å². The number of rotatable bonds is 2. The highest BCUT2D eigenvalue weighted by Gasteiger charge is 2.56. The van der Waals surface area contributed by atoms with Crippen LogP contribution in [0, 0.1) is 23.2 Å². The Balaban J connectivity index is 1.64. The van der Waals surface area contributed by atoms with Crippen molar-refractivity contribution in [1.82, 2.24) is 0 Å². The number of fused-ring (bicyclic) bond motifs is 2. The van der Waals surface area contributed by atoms with Crippen molar-refractivity contribution in [3.8, 4) is 0 Å².